The van der Waals surface area contributed by atoms with Crippen molar-refractivity contribution in [1.29, 1.82) is 0 Å². The molecule has 0 saturated carbocycles. The van der Waals surface area contributed by atoms with Gasteiger partial charge in [0, 0.05) is 21.9 Å². The van der Waals surface area contributed by atoms with Crippen molar-refractivity contribution in [2.24, 2.45) is 5.73 Å². The summed E-state index contributed by atoms with van der Waals surface area (Å²) in [7, 11) is 0. The first kappa shape index (κ1) is 11.8. The molecule has 0 radical (unpaired) electrons. The fraction of sp³-hybridized carbons (Fsp3) is 0.188. The van der Waals surface area contributed by atoms with Gasteiger partial charge in [-0.05, 0) is 24.1 Å². The molecule has 0 unspecified atom stereocenters. The fourth-order valence-electron chi connectivity index (χ4n) is 2.70. The minimum atomic E-state index is -0.377. The van der Waals surface area contributed by atoms with E-state index in [4.69, 9.17) is 5.73 Å². The summed E-state index contributed by atoms with van der Waals surface area (Å²) in [5.74, 6) is -0.377. The van der Waals surface area contributed by atoms with Crippen LogP contribution < -0.4 is 5.73 Å². The van der Waals surface area contributed by atoms with Gasteiger partial charge < -0.3 is 10.7 Å². The van der Waals surface area contributed by atoms with Gasteiger partial charge in [0.2, 0.25) is 5.91 Å². The highest BCUT2D eigenvalue weighted by Gasteiger charge is 2.14. The lowest BCUT2D eigenvalue weighted by molar-refractivity contribution is 0.100. The molecule has 96 valence electrons. The Labute approximate surface area is 111 Å². The average molecular weight is 252 g/mol. The molecule has 0 fully saturated rings. The third-order valence-electron chi connectivity index (χ3n) is 3.53. The van der Waals surface area contributed by atoms with Gasteiger partial charge in [-0.1, -0.05) is 37.6 Å². The number of hydrogen-bond acceptors (Lipinski definition) is 1. The van der Waals surface area contributed by atoms with Crippen LogP contribution >= 0.6 is 0 Å². The molecule has 0 saturated heterocycles. The number of fused-ring (bicyclic) bond motifs is 3. The van der Waals surface area contributed by atoms with Gasteiger partial charge in [-0.15, -0.1) is 0 Å². The maximum atomic E-state index is 11.6. The van der Waals surface area contributed by atoms with Gasteiger partial charge >= 0.3 is 0 Å². The lowest BCUT2D eigenvalue weighted by Crippen LogP contribution is -2.11. The van der Waals surface area contributed by atoms with Gasteiger partial charge in [-0.3, -0.25) is 4.79 Å². The van der Waals surface area contributed by atoms with E-state index >= 15 is 0 Å². The minimum Gasteiger partial charge on any atom is -0.366 e. The Morgan fingerprint density at radius 2 is 2.00 bits per heavy atom. The Kier molecular flexibility index (Phi) is 2.75. The molecule has 1 aromatic heterocycles. The number of para-hydroxylation sites is 1. The molecular formula is C16H16N2O. The summed E-state index contributed by atoms with van der Waals surface area (Å²) < 4.78 is 0. The van der Waals surface area contributed by atoms with E-state index < -0.39 is 0 Å². The smallest absolute Gasteiger partial charge is 0.249 e. The Morgan fingerprint density at radius 3 is 2.74 bits per heavy atom. The predicted octanol–water partition coefficient (Wildman–Crippen LogP) is 3.37. The molecule has 2 aromatic carbocycles. The molecule has 3 rings (SSSR count). The summed E-state index contributed by atoms with van der Waals surface area (Å²) in [5.41, 5.74) is 9.41. The van der Waals surface area contributed by atoms with Crippen LogP contribution in [-0.2, 0) is 6.42 Å². The highest BCUT2D eigenvalue weighted by molar-refractivity contribution is 6.18. The van der Waals surface area contributed by atoms with E-state index in [0.29, 0.717) is 5.56 Å². The van der Waals surface area contributed by atoms with Crippen molar-refractivity contribution >= 4 is 27.7 Å². The highest BCUT2D eigenvalue weighted by Crippen LogP contribution is 2.31. The second-order valence-electron chi connectivity index (χ2n) is 4.81. The monoisotopic (exact) mass is 252 g/mol. The van der Waals surface area contributed by atoms with Gasteiger partial charge in [0.25, 0.3) is 0 Å². The lowest BCUT2D eigenvalue weighted by atomic mass is 10.00. The first-order chi connectivity index (χ1) is 9.22. The second-order valence-corrected chi connectivity index (χ2v) is 4.81. The number of amides is 1. The molecule has 3 aromatic rings. The van der Waals surface area contributed by atoms with Crippen LogP contribution in [0.1, 0.15) is 29.3 Å². The Hall–Kier alpha value is -2.29. The van der Waals surface area contributed by atoms with Crippen LogP contribution in [0.5, 0.6) is 0 Å². The number of primary amides is 1. The van der Waals surface area contributed by atoms with E-state index in [2.05, 4.69) is 11.9 Å². The maximum Gasteiger partial charge on any atom is 0.249 e. The molecule has 0 aliphatic heterocycles. The zero-order chi connectivity index (χ0) is 13.4. The number of carbonyl (C=O) groups is 1. The summed E-state index contributed by atoms with van der Waals surface area (Å²) >= 11 is 0. The largest absolute Gasteiger partial charge is 0.366 e. The van der Waals surface area contributed by atoms with Crippen LogP contribution in [0.25, 0.3) is 21.8 Å². The van der Waals surface area contributed by atoms with Crippen LogP contribution in [0.2, 0.25) is 0 Å². The van der Waals surface area contributed by atoms with Gasteiger partial charge in [-0.2, -0.15) is 0 Å². The normalized spacial score (nSPS) is 11.2. The minimum absolute atomic E-state index is 0.377. The van der Waals surface area contributed by atoms with Crippen LogP contribution in [0, 0.1) is 0 Å². The van der Waals surface area contributed by atoms with E-state index in [1.165, 1.54) is 5.56 Å². The van der Waals surface area contributed by atoms with Crippen molar-refractivity contribution in [3.05, 3.63) is 47.5 Å². The molecule has 1 amide bonds. The third kappa shape index (κ3) is 1.78. The average Bonchev–Trinajstić information content (AvgIpc) is 2.79. The Bertz CT molecular complexity index is 771. The first-order valence-corrected chi connectivity index (χ1v) is 6.54. The van der Waals surface area contributed by atoms with Crippen molar-refractivity contribution < 1.29 is 4.79 Å². The van der Waals surface area contributed by atoms with Gasteiger partial charge in [0.05, 0.1) is 5.52 Å². The quantitative estimate of drug-likeness (QED) is 0.737. The van der Waals surface area contributed by atoms with Crippen molar-refractivity contribution in [3.63, 3.8) is 0 Å². The summed E-state index contributed by atoms with van der Waals surface area (Å²) in [6.07, 6.45) is 2.06. The standard InChI is InChI=1S/C16H16N2O/c1-2-5-10-8-9-12(16(17)19)14-11-6-3-4-7-13(11)18-15(10)14/h3-4,6-9,18H,2,5H2,1H3,(H2,17,19). The number of aromatic nitrogens is 1. The predicted molar refractivity (Wildman–Crippen MR) is 78.3 cm³/mol. The molecule has 3 heteroatoms. The molecule has 0 spiro atoms. The summed E-state index contributed by atoms with van der Waals surface area (Å²) in [6.45, 7) is 2.15. The molecule has 0 bridgehead atoms. The van der Waals surface area contributed by atoms with E-state index in [0.717, 1.165) is 34.6 Å². The number of carbonyl (C=O) groups excluding carboxylic acids is 1. The Morgan fingerprint density at radius 1 is 1.21 bits per heavy atom. The number of nitrogens with one attached hydrogen (secondary N) is 1. The van der Waals surface area contributed by atoms with Crippen molar-refractivity contribution in [2.75, 3.05) is 0 Å². The van der Waals surface area contributed by atoms with E-state index in [-0.39, 0.29) is 5.91 Å². The number of H-pyrrole nitrogens is 1. The van der Waals surface area contributed by atoms with Gasteiger partial charge in [-0.25, -0.2) is 0 Å². The summed E-state index contributed by atoms with van der Waals surface area (Å²) in [5, 5.41) is 2.01. The molecule has 0 aliphatic carbocycles. The molecule has 19 heavy (non-hydrogen) atoms. The van der Waals surface area contributed by atoms with Crippen LogP contribution in [0.4, 0.5) is 0 Å². The topological polar surface area (TPSA) is 58.9 Å². The number of aryl methyl sites for hydroxylation is 1. The third-order valence-corrected chi connectivity index (χ3v) is 3.53. The number of nitrogens with two attached hydrogens (primary N) is 1. The van der Waals surface area contributed by atoms with E-state index in [1.807, 2.05) is 36.4 Å². The van der Waals surface area contributed by atoms with Crippen LogP contribution in [-0.4, -0.2) is 10.9 Å². The summed E-state index contributed by atoms with van der Waals surface area (Å²) in [6, 6.07) is 11.9. The number of benzene rings is 2. The first-order valence-electron chi connectivity index (χ1n) is 6.54. The zero-order valence-electron chi connectivity index (χ0n) is 10.9. The maximum absolute atomic E-state index is 11.6. The van der Waals surface area contributed by atoms with Crippen molar-refractivity contribution in [1.82, 2.24) is 4.98 Å². The number of rotatable bonds is 3. The molecular weight excluding hydrogens is 236 g/mol. The van der Waals surface area contributed by atoms with Crippen molar-refractivity contribution in [3.8, 4) is 0 Å². The zero-order valence-corrected chi connectivity index (χ0v) is 10.9. The van der Waals surface area contributed by atoms with Crippen LogP contribution in [0.15, 0.2) is 36.4 Å². The fourth-order valence-corrected chi connectivity index (χ4v) is 2.70. The summed E-state index contributed by atoms with van der Waals surface area (Å²) in [4.78, 5) is 15.1. The number of hydrogen-bond donors (Lipinski definition) is 2. The molecule has 0 aliphatic rings. The number of aromatic amines is 1. The molecule has 3 N–H and O–H groups in total. The van der Waals surface area contributed by atoms with Gasteiger partial charge in [0.1, 0.15) is 0 Å². The Balaban J connectivity index is 2.47. The van der Waals surface area contributed by atoms with E-state index in [9.17, 15) is 4.79 Å². The second kappa shape index (κ2) is 4.43. The van der Waals surface area contributed by atoms with E-state index in [1.54, 1.807) is 0 Å². The highest BCUT2D eigenvalue weighted by atomic mass is 16.1. The van der Waals surface area contributed by atoms with Crippen molar-refractivity contribution in [2.45, 2.75) is 19.8 Å². The van der Waals surface area contributed by atoms with Gasteiger partial charge in [0.15, 0.2) is 0 Å². The SMILES string of the molecule is CCCc1ccc(C(N)=O)c2c1[nH]c1ccccc12. The van der Waals surface area contributed by atoms with Crippen LogP contribution in [0.3, 0.4) is 0 Å². The molecule has 0 atom stereocenters. The lowest BCUT2D eigenvalue weighted by Gasteiger charge is -2.05. The molecule has 3 nitrogen and oxygen atoms in total. The molecule has 1 heterocycles.